The van der Waals surface area contributed by atoms with Gasteiger partial charge in [-0.05, 0) is 13.8 Å². The quantitative estimate of drug-likeness (QED) is 0.595. The molecule has 0 aromatic rings. The third-order valence-corrected chi connectivity index (χ3v) is 2.56. The number of nitrogens with one attached hydrogen (secondary N) is 2. The van der Waals surface area contributed by atoms with Crippen molar-refractivity contribution in [1.29, 1.82) is 0 Å². The van der Waals surface area contributed by atoms with Crippen LogP contribution in [0.5, 0.6) is 0 Å². The molecule has 0 radical (unpaired) electrons. The molecule has 0 spiro atoms. The minimum atomic E-state index is -0.396. The summed E-state index contributed by atoms with van der Waals surface area (Å²) in [6.07, 6.45) is 0. The van der Waals surface area contributed by atoms with Crippen LogP contribution in [0.15, 0.2) is 11.3 Å². The van der Waals surface area contributed by atoms with Gasteiger partial charge in [-0.1, -0.05) is 15.9 Å². The summed E-state index contributed by atoms with van der Waals surface area (Å²) in [5.74, 6) is -0.396. The highest BCUT2D eigenvalue weighted by molar-refractivity contribution is 9.09. The van der Waals surface area contributed by atoms with Crippen LogP contribution in [-0.2, 0) is 9.53 Å². The van der Waals surface area contributed by atoms with Crippen LogP contribution in [0, 0.1) is 0 Å². The third-order valence-electron chi connectivity index (χ3n) is 2.00. The summed E-state index contributed by atoms with van der Waals surface area (Å²) < 4.78 is 4.91. The number of allylic oxidation sites excluding steroid dienone is 1. The van der Waals surface area contributed by atoms with Gasteiger partial charge in [0.2, 0.25) is 0 Å². The van der Waals surface area contributed by atoms with Crippen molar-refractivity contribution < 1.29 is 14.3 Å². The minimum Gasteiger partial charge on any atom is -0.463 e. The highest BCUT2D eigenvalue weighted by Crippen LogP contribution is 2.15. The van der Waals surface area contributed by atoms with E-state index in [4.69, 9.17) is 4.74 Å². The Morgan fingerprint density at radius 3 is 2.80 bits per heavy atom. The number of hydrogen-bond donors (Lipinski definition) is 2. The van der Waals surface area contributed by atoms with E-state index in [0.717, 1.165) is 0 Å². The van der Waals surface area contributed by atoms with Crippen molar-refractivity contribution in [2.75, 3.05) is 11.9 Å². The van der Waals surface area contributed by atoms with E-state index in [2.05, 4.69) is 26.6 Å². The first-order valence-corrected chi connectivity index (χ1v) is 5.76. The van der Waals surface area contributed by atoms with Gasteiger partial charge in [-0.2, -0.15) is 0 Å². The van der Waals surface area contributed by atoms with Crippen LogP contribution < -0.4 is 10.6 Å². The fraction of sp³-hybridized carbons (Fsp3) is 0.556. The SMILES string of the molecule is CCOC(=O)C1=C(CBr)NC(=O)N[C@@H]1C. The number of ether oxygens (including phenoxy) is 1. The van der Waals surface area contributed by atoms with Crippen molar-refractivity contribution in [2.24, 2.45) is 0 Å². The van der Waals surface area contributed by atoms with Crippen LogP contribution in [0.2, 0.25) is 0 Å². The molecule has 1 rings (SSSR count). The predicted molar refractivity (Wildman–Crippen MR) is 58.6 cm³/mol. The lowest BCUT2D eigenvalue weighted by Gasteiger charge is -2.25. The number of esters is 1. The first-order chi connectivity index (χ1) is 7.10. The molecule has 1 heterocycles. The smallest absolute Gasteiger partial charge is 0.337 e. The normalized spacial score (nSPS) is 20.7. The van der Waals surface area contributed by atoms with E-state index in [1.54, 1.807) is 13.8 Å². The van der Waals surface area contributed by atoms with Gasteiger partial charge >= 0.3 is 12.0 Å². The Morgan fingerprint density at radius 1 is 1.60 bits per heavy atom. The third kappa shape index (κ3) is 2.71. The zero-order valence-corrected chi connectivity index (χ0v) is 10.2. The average Bonchev–Trinajstić information content (AvgIpc) is 2.16. The molecule has 2 amide bonds. The molecule has 0 aromatic heterocycles. The summed E-state index contributed by atoms with van der Waals surface area (Å²) >= 11 is 3.22. The molecule has 0 unspecified atom stereocenters. The summed E-state index contributed by atoms with van der Waals surface area (Å²) in [7, 11) is 0. The number of amides is 2. The molecule has 2 N–H and O–H groups in total. The second-order valence-electron chi connectivity index (χ2n) is 3.07. The molecule has 0 aliphatic carbocycles. The Morgan fingerprint density at radius 2 is 2.27 bits per heavy atom. The van der Waals surface area contributed by atoms with Crippen LogP contribution in [0.3, 0.4) is 0 Å². The van der Waals surface area contributed by atoms with Crippen molar-refractivity contribution in [1.82, 2.24) is 10.6 Å². The standard InChI is InChI=1S/C9H13BrN2O3/c1-3-15-8(13)7-5(2)11-9(14)12-6(7)4-10/h5H,3-4H2,1-2H3,(H2,11,12,14)/t5-/m1/s1. The van der Waals surface area contributed by atoms with E-state index in [9.17, 15) is 9.59 Å². The zero-order valence-electron chi connectivity index (χ0n) is 8.59. The molecule has 84 valence electrons. The summed E-state index contributed by atoms with van der Waals surface area (Å²) in [4.78, 5) is 22.7. The monoisotopic (exact) mass is 276 g/mol. The molecule has 1 aliphatic heterocycles. The van der Waals surface area contributed by atoms with Crippen molar-refractivity contribution >= 4 is 27.9 Å². The maximum Gasteiger partial charge on any atom is 0.337 e. The highest BCUT2D eigenvalue weighted by Gasteiger charge is 2.28. The molecule has 1 atom stereocenters. The predicted octanol–water partition coefficient (Wildman–Crippen LogP) is 0.900. The Bertz CT molecular complexity index is 314. The molecule has 1 aliphatic rings. The van der Waals surface area contributed by atoms with Gasteiger partial charge in [-0.25, -0.2) is 9.59 Å². The van der Waals surface area contributed by atoms with Gasteiger partial charge in [-0.3, -0.25) is 0 Å². The minimum absolute atomic E-state index is 0.301. The van der Waals surface area contributed by atoms with Gasteiger partial charge in [0.05, 0.1) is 18.2 Å². The van der Waals surface area contributed by atoms with Gasteiger partial charge < -0.3 is 15.4 Å². The molecule has 0 saturated heterocycles. The van der Waals surface area contributed by atoms with E-state index < -0.39 is 5.97 Å². The van der Waals surface area contributed by atoms with Crippen molar-refractivity contribution in [3.63, 3.8) is 0 Å². The average molecular weight is 277 g/mol. The first kappa shape index (κ1) is 12.0. The fourth-order valence-corrected chi connectivity index (χ4v) is 1.83. The lowest BCUT2D eigenvalue weighted by atomic mass is 10.1. The Balaban J connectivity index is 2.97. The molecule has 0 bridgehead atoms. The summed E-state index contributed by atoms with van der Waals surface area (Å²) in [6, 6.07) is -0.629. The molecule has 0 aromatic carbocycles. The summed E-state index contributed by atoms with van der Waals surface area (Å²) in [5.41, 5.74) is 1.03. The van der Waals surface area contributed by atoms with Crippen LogP contribution in [0.25, 0.3) is 0 Å². The number of alkyl halides is 1. The maximum atomic E-state index is 11.6. The fourth-order valence-electron chi connectivity index (χ4n) is 1.38. The number of urea groups is 1. The highest BCUT2D eigenvalue weighted by atomic mass is 79.9. The second-order valence-corrected chi connectivity index (χ2v) is 3.63. The van der Waals surface area contributed by atoms with Crippen LogP contribution >= 0.6 is 15.9 Å². The first-order valence-electron chi connectivity index (χ1n) is 4.63. The Kier molecular flexibility index (Phi) is 4.14. The Labute approximate surface area is 96.4 Å². The van der Waals surface area contributed by atoms with E-state index in [0.29, 0.717) is 23.2 Å². The van der Waals surface area contributed by atoms with E-state index >= 15 is 0 Å². The lowest BCUT2D eigenvalue weighted by molar-refractivity contribution is -0.138. The molecule has 0 saturated carbocycles. The summed E-state index contributed by atoms with van der Waals surface area (Å²) in [5, 5.41) is 5.59. The number of hydrogen-bond acceptors (Lipinski definition) is 3. The zero-order chi connectivity index (χ0) is 11.4. The molecular formula is C9H13BrN2O3. The van der Waals surface area contributed by atoms with E-state index in [1.165, 1.54) is 0 Å². The van der Waals surface area contributed by atoms with E-state index in [-0.39, 0.29) is 12.1 Å². The van der Waals surface area contributed by atoms with Gasteiger partial charge in [-0.15, -0.1) is 0 Å². The molecular weight excluding hydrogens is 264 g/mol. The van der Waals surface area contributed by atoms with E-state index in [1.807, 2.05) is 0 Å². The summed E-state index contributed by atoms with van der Waals surface area (Å²) in [6.45, 7) is 3.80. The topological polar surface area (TPSA) is 67.4 Å². The van der Waals surface area contributed by atoms with Gasteiger partial charge in [0.25, 0.3) is 0 Å². The number of rotatable bonds is 3. The van der Waals surface area contributed by atoms with Crippen LogP contribution in [0.4, 0.5) is 4.79 Å². The van der Waals surface area contributed by atoms with Gasteiger partial charge in [0.15, 0.2) is 0 Å². The van der Waals surface area contributed by atoms with Crippen LogP contribution in [0.1, 0.15) is 13.8 Å². The van der Waals surface area contributed by atoms with Gasteiger partial charge in [0.1, 0.15) is 0 Å². The maximum absolute atomic E-state index is 11.6. The Hall–Kier alpha value is -1.04. The second kappa shape index (κ2) is 5.16. The van der Waals surface area contributed by atoms with Gasteiger partial charge in [0, 0.05) is 11.0 Å². The molecule has 5 nitrogen and oxygen atoms in total. The molecule has 6 heteroatoms. The lowest BCUT2D eigenvalue weighted by Crippen LogP contribution is -2.49. The van der Waals surface area contributed by atoms with Crippen molar-refractivity contribution in [3.05, 3.63) is 11.3 Å². The van der Waals surface area contributed by atoms with Crippen molar-refractivity contribution in [2.45, 2.75) is 19.9 Å². The number of halogens is 1. The largest absolute Gasteiger partial charge is 0.463 e. The van der Waals surface area contributed by atoms with Crippen LogP contribution in [-0.4, -0.2) is 30.0 Å². The molecule has 0 fully saturated rings. The molecule has 15 heavy (non-hydrogen) atoms. The number of carbonyl (C=O) groups excluding carboxylic acids is 2. The van der Waals surface area contributed by atoms with Crippen molar-refractivity contribution in [3.8, 4) is 0 Å². The number of carbonyl (C=O) groups is 2.